The molecule has 0 fully saturated rings. The second-order valence-electron chi connectivity index (χ2n) is 2.16. The van der Waals surface area contributed by atoms with Crippen molar-refractivity contribution in [2.75, 3.05) is 0 Å². The molecule has 0 saturated carbocycles. The molecule has 3 nitrogen and oxygen atoms in total. The first-order valence-electron chi connectivity index (χ1n) is 3.21. The number of hydrogen-bond acceptors (Lipinski definition) is 4. The summed E-state index contributed by atoms with van der Waals surface area (Å²) < 4.78 is 0. The van der Waals surface area contributed by atoms with Crippen molar-refractivity contribution >= 4 is 11.3 Å². The molecule has 1 aromatic rings. The highest BCUT2D eigenvalue weighted by Crippen LogP contribution is 2.21. The summed E-state index contributed by atoms with van der Waals surface area (Å²) in [5.41, 5.74) is 0. The van der Waals surface area contributed by atoms with Crippen LogP contribution in [0.15, 0.2) is 6.20 Å². The second kappa shape index (κ2) is 3.46. The fraction of sp³-hybridized carbons (Fsp3) is 0.429. The minimum atomic E-state index is -0.661. The molecule has 0 aliphatic rings. The predicted octanol–water partition coefficient (Wildman–Crippen LogP) is 1.40. The zero-order valence-corrected chi connectivity index (χ0v) is 6.93. The van der Waals surface area contributed by atoms with Gasteiger partial charge in [0.1, 0.15) is 6.10 Å². The van der Waals surface area contributed by atoms with Gasteiger partial charge in [0.2, 0.25) is 0 Å². The Morgan fingerprint density at radius 2 is 2.64 bits per heavy atom. The second-order valence-corrected chi connectivity index (χ2v) is 3.43. The molecule has 0 aliphatic heterocycles. The smallest absolute Gasteiger partial charge is 0.103 e. The van der Waals surface area contributed by atoms with Gasteiger partial charge in [0.15, 0.2) is 0 Å². The number of thiazole rings is 1. The lowest BCUT2D eigenvalue weighted by molar-refractivity contribution is 0.187. The van der Waals surface area contributed by atoms with Crippen LogP contribution in [-0.2, 0) is 0 Å². The van der Waals surface area contributed by atoms with E-state index < -0.39 is 6.10 Å². The Balaban J connectivity index is 2.70. The van der Waals surface area contributed by atoms with Gasteiger partial charge in [-0.15, -0.1) is 11.3 Å². The minimum absolute atomic E-state index is 0.141. The van der Waals surface area contributed by atoms with Crippen LogP contribution in [0.1, 0.15) is 22.4 Å². The number of aryl methyl sites for hydroxylation is 1. The number of rotatable bonds is 2. The Morgan fingerprint density at radius 1 is 1.91 bits per heavy atom. The fourth-order valence-corrected chi connectivity index (χ4v) is 1.49. The van der Waals surface area contributed by atoms with Crippen LogP contribution in [0.2, 0.25) is 0 Å². The summed E-state index contributed by atoms with van der Waals surface area (Å²) >= 11 is 1.42. The van der Waals surface area contributed by atoms with E-state index >= 15 is 0 Å². The molecule has 11 heavy (non-hydrogen) atoms. The van der Waals surface area contributed by atoms with Gasteiger partial charge in [0.05, 0.1) is 22.4 Å². The first-order chi connectivity index (χ1) is 5.24. The lowest BCUT2D eigenvalue weighted by Gasteiger charge is -1.99. The maximum Gasteiger partial charge on any atom is 0.103 e. The maximum absolute atomic E-state index is 9.28. The molecule has 58 valence electrons. The number of nitrogens with zero attached hydrogens (tertiary/aromatic N) is 2. The van der Waals surface area contributed by atoms with Gasteiger partial charge in [-0.3, -0.25) is 0 Å². The maximum atomic E-state index is 9.28. The van der Waals surface area contributed by atoms with Crippen LogP contribution in [0.3, 0.4) is 0 Å². The van der Waals surface area contributed by atoms with Crippen molar-refractivity contribution in [3.8, 4) is 6.07 Å². The van der Waals surface area contributed by atoms with Crippen molar-refractivity contribution in [2.45, 2.75) is 19.4 Å². The van der Waals surface area contributed by atoms with E-state index in [0.717, 1.165) is 9.88 Å². The molecule has 1 unspecified atom stereocenters. The molecule has 1 heterocycles. The molecule has 4 heteroatoms. The summed E-state index contributed by atoms with van der Waals surface area (Å²) in [6.45, 7) is 1.87. The third-order valence-corrected chi connectivity index (χ3v) is 2.27. The fourth-order valence-electron chi connectivity index (χ4n) is 0.719. The Bertz CT molecular complexity index is 276. The highest BCUT2D eigenvalue weighted by atomic mass is 32.1. The third kappa shape index (κ3) is 2.00. The van der Waals surface area contributed by atoms with Crippen molar-refractivity contribution in [3.05, 3.63) is 16.1 Å². The average molecular weight is 168 g/mol. The predicted molar refractivity (Wildman–Crippen MR) is 42.0 cm³/mol. The molecule has 1 atom stereocenters. The van der Waals surface area contributed by atoms with Crippen LogP contribution in [-0.4, -0.2) is 10.1 Å². The van der Waals surface area contributed by atoms with Crippen LogP contribution >= 0.6 is 11.3 Å². The van der Waals surface area contributed by atoms with E-state index in [9.17, 15) is 5.11 Å². The van der Waals surface area contributed by atoms with Gasteiger partial charge in [-0.05, 0) is 6.92 Å². The first-order valence-corrected chi connectivity index (χ1v) is 4.03. The summed E-state index contributed by atoms with van der Waals surface area (Å²) in [5.74, 6) is 0. The van der Waals surface area contributed by atoms with Crippen molar-refractivity contribution in [1.82, 2.24) is 4.98 Å². The molecule has 0 spiro atoms. The lowest BCUT2D eigenvalue weighted by Crippen LogP contribution is -1.91. The number of aliphatic hydroxyl groups excluding tert-OH is 1. The van der Waals surface area contributed by atoms with Gasteiger partial charge < -0.3 is 5.11 Å². The van der Waals surface area contributed by atoms with E-state index in [-0.39, 0.29) is 6.42 Å². The zero-order chi connectivity index (χ0) is 8.27. The molecule has 0 bridgehead atoms. The molecule has 0 amide bonds. The molecular formula is C7H8N2OS. The molecule has 0 aromatic carbocycles. The highest BCUT2D eigenvalue weighted by molar-refractivity contribution is 7.11. The highest BCUT2D eigenvalue weighted by Gasteiger charge is 2.08. The van der Waals surface area contributed by atoms with Crippen molar-refractivity contribution < 1.29 is 5.11 Å². The Kier molecular flexibility index (Phi) is 2.58. The number of nitriles is 1. The van der Waals surface area contributed by atoms with E-state index in [0.29, 0.717) is 0 Å². The Hall–Kier alpha value is -0.920. The van der Waals surface area contributed by atoms with Gasteiger partial charge >= 0.3 is 0 Å². The molecule has 1 rings (SSSR count). The lowest BCUT2D eigenvalue weighted by atomic mass is 10.2. The summed E-state index contributed by atoms with van der Waals surface area (Å²) in [5, 5.41) is 18.5. The normalized spacial score (nSPS) is 12.5. The van der Waals surface area contributed by atoms with Crippen molar-refractivity contribution in [3.63, 3.8) is 0 Å². The summed E-state index contributed by atoms with van der Waals surface area (Å²) in [6, 6.07) is 1.90. The molecule has 0 saturated heterocycles. The van der Waals surface area contributed by atoms with Gasteiger partial charge in [-0.25, -0.2) is 4.98 Å². The average Bonchev–Trinajstić information content (AvgIpc) is 2.36. The summed E-state index contributed by atoms with van der Waals surface area (Å²) in [6.07, 6.45) is 1.09. The standard InChI is InChI=1S/C7H8N2OS/c1-5-9-4-7(11-5)6(10)2-3-8/h4,6,10H,2H2,1H3. The van der Waals surface area contributed by atoms with Crippen LogP contribution < -0.4 is 0 Å². The minimum Gasteiger partial charge on any atom is -0.386 e. The molecule has 1 aromatic heterocycles. The van der Waals surface area contributed by atoms with E-state index in [1.54, 1.807) is 6.20 Å². The number of hydrogen-bond donors (Lipinski definition) is 1. The Morgan fingerprint density at radius 3 is 3.09 bits per heavy atom. The van der Waals surface area contributed by atoms with Gasteiger partial charge in [0, 0.05) is 6.20 Å². The monoisotopic (exact) mass is 168 g/mol. The largest absolute Gasteiger partial charge is 0.386 e. The van der Waals surface area contributed by atoms with Crippen LogP contribution in [0, 0.1) is 18.3 Å². The molecule has 0 radical (unpaired) electrons. The third-order valence-electron chi connectivity index (χ3n) is 1.25. The van der Waals surface area contributed by atoms with Gasteiger partial charge in [-0.2, -0.15) is 5.26 Å². The van der Waals surface area contributed by atoms with E-state index in [1.807, 2.05) is 13.0 Å². The van der Waals surface area contributed by atoms with Crippen LogP contribution in [0.25, 0.3) is 0 Å². The van der Waals surface area contributed by atoms with Crippen LogP contribution in [0.4, 0.5) is 0 Å². The zero-order valence-electron chi connectivity index (χ0n) is 6.11. The van der Waals surface area contributed by atoms with Gasteiger partial charge in [-0.1, -0.05) is 0 Å². The number of aromatic nitrogens is 1. The van der Waals surface area contributed by atoms with E-state index in [2.05, 4.69) is 4.98 Å². The van der Waals surface area contributed by atoms with Gasteiger partial charge in [0.25, 0.3) is 0 Å². The number of aliphatic hydroxyl groups is 1. The van der Waals surface area contributed by atoms with E-state index in [4.69, 9.17) is 5.26 Å². The Labute approximate surface area is 68.9 Å². The van der Waals surface area contributed by atoms with E-state index in [1.165, 1.54) is 11.3 Å². The summed E-state index contributed by atoms with van der Waals surface area (Å²) in [4.78, 5) is 4.74. The topological polar surface area (TPSA) is 56.9 Å². The van der Waals surface area contributed by atoms with Crippen molar-refractivity contribution in [1.29, 1.82) is 5.26 Å². The summed E-state index contributed by atoms with van der Waals surface area (Å²) in [7, 11) is 0. The molecule has 1 N–H and O–H groups in total. The molecule has 0 aliphatic carbocycles. The van der Waals surface area contributed by atoms with Crippen molar-refractivity contribution in [2.24, 2.45) is 0 Å². The molecular weight excluding hydrogens is 160 g/mol. The van der Waals surface area contributed by atoms with Crippen LogP contribution in [0.5, 0.6) is 0 Å². The SMILES string of the molecule is Cc1ncc(C(O)CC#N)s1. The quantitative estimate of drug-likeness (QED) is 0.726. The first kappa shape index (κ1) is 8.18.